The average molecular weight is 320 g/mol. The molecule has 0 amide bonds. The van der Waals surface area contributed by atoms with Crippen molar-refractivity contribution >= 4 is 27.5 Å². The molecule has 0 saturated carbocycles. The number of fused-ring (bicyclic) bond motifs is 1. The fourth-order valence-electron chi connectivity index (χ4n) is 2.11. The van der Waals surface area contributed by atoms with Crippen molar-refractivity contribution in [3.05, 3.63) is 28.3 Å². The maximum Gasteiger partial charge on any atom is 0.125 e. The Hall–Kier alpha value is -0.250. The third-order valence-corrected chi connectivity index (χ3v) is 3.84. The summed E-state index contributed by atoms with van der Waals surface area (Å²) in [6.07, 6.45) is 2.95. The minimum absolute atomic E-state index is 0.378. The van der Waals surface area contributed by atoms with E-state index < -0.39 is 0 Å². The van der Waals surface area contributed by atoms with Gasteiger partial charge in [0, 0.05) is 23.4 Å². The Morgan fingerprint density at radius 2 is 2.35 bits per heavy atom. The Balaban J connectivity index is 2.05. The first-order valence-electron chi connectivity index (χ1n) is 5.78. The molecule has 0 aromatic heterocycles. The van der Waals surface area contributed by atoms with Gasteiger partial charge in [0.1, 0.15) is 5.75 Å². The lowest BCUT2D eigenvalue weighted by atomic mass is 10.0. The average Bonchev–Trinajstić information content (AvgIpc) is 2.74. The molecule has 2 rings (SSSR count). The van der Waals surface area contributed by atoms with Crippen LogP contribution < -0.4 is 4.74 Å². The summed E-state index contributed by atoms with van der Waals surface area (Å²) in [4.78, 5) is 0.378. The van der Waals surface area contributed by atoms with Gasteiger partial charge in [0.05, 0.1) is 13.2 Å². The molecule has 0 fully saturated rings. The van der Waals surface area contributed by atoms with E-state index in [4.69, 9.17) is 21.1 Å². The van der Waals surface area contributed by atoms with E-state index >= 15 is 0 Å². The molecule has 1 unspecified atom stereocenters. The van der Waals surface area contributed by atoms with Gasteiger partial charge in [-0.1, -0.05) is 27.5 Å². The molecule has 0 aliphatic carbocycles. The first-order chi connectivity index (χ1) is 8.20. The van der Waals surface area contributed by atoms with Gasteiger partial charge in [-0.05, 0) is 36.1 Å². The zero-order chi connectivity index (χ0) is 12.3. The van der Waals surface area contributed by atoms with Crippen molar-refractivity contribution in [3.8, 4) is 5.75 Å². The summed E-state index contributed by atoms with van der Waals surface area (Å²) in [5.41, 5.74) is 2.45. The van der Waals surface area contributed by atoms with Gasteiger partial charge in [-0.15, -0.1) is 0 Å². The van der Waals surface area contributed by atoms with Crippen LogP contribution >= 0.6 is 27.5 Å². The maximum absolute atomic E-state index is 6.11. The molecule has 17 heavy (non-hydrogen) atoms. The monoisotopic (exact) mass is 318 g/mol. The van der Waals surface area contributed by atoms with E-state index in [1.54, 1.807) is 7.11 Å². The minimum Gasteiger partial charge on any atom is -0.493 e. The molecular formula is C13H16BrClO2. The van der Waals surface area contributed by atoms with E-state index in [2.05, 4.69) is 15.9 Å². The number of hydrogen-bond acceptors (Lipinski definition) is 2. The first-order valence-corrected chi connectivity index (χ1v) is 7.07. The fourth-order valence-corrected chi connectivity index (χ4v) is 2.86. The number of alkyl halides is 1. The van der Waals surface area contributed by atoms with Crippen molar-refractivity contribution < 1.29 is 9.47 Å². The van der Waals surface area contributed by atoms with Crippen molar-refractivity contribution in [1.82, 2.24) is 0 Å². The topological polar surface area (TPSA) is 18.5 Å². The summed E-state index contributed by atoms with van der Waals surface area (Å²) in [6, 6.07) is 4.02. The second kappa shape index (κ2) is 6.07. The summed E-state index contributed by atoms with van der Waals surface area (Å²) in [5, 5.41) is 0.808. The number of hydrogen-bond donors (Lipinski definition) is 0. The van der Waals surface area contributed by atoms with E-state index in [9.17, 15) is 0 Å². The Labute approximate surface area is 115 Å². The molecule has 0 radical (unpaired) electrons. The molecule has 0 saturated heterocycles. The SMILES string of the molecule is COCC(Br)CCc1cc(Cl)cc2c1OCC2. The molecule has 4 heteroatoms. The predicted octanol–water partition coefficient (Wildman–Crippen LogP) is 3.62. The molecule has 1 atom stereocenters. The molecule has 0 spiro atoms. The second-order valence-electron chi connectivity index (χ2n) is 4.24. The van der Waals surface area contributed by atoms with Gasteiger partial charge in [0.15, 0.2) is 0 Å². The van der Waals surface area contributed by atoms with Gasteiger partial charge >= 0.3 is 0 Å². The molecule has 1 heterocycles. The van der Waals surface area contributed by atoms with Crippen LogP contribution in [0.3, 0.4) is 0 Å². The Kier molecular flexibility index (Phi) is 4.71. The summed E-state index contributed by atoms with van der Waals surface area (Å²) >= 11 is 9.71. The van der Waals surface area contributed by atoms with Crippen LogP contribution in [-0.4, -0.2) is 25.2 Å². The Bertz CT molecular complexity index is 395. The molecule has 94 valence electrons. The minimum atomic E-state index is 0.378. The second-order valence-corrected chi connectivity index (χ2v) is 5.97. The van der Waals surface area contributed by atoms with Crippen molar-refractivity contribution in [2.24, 2.45) is 0 Å². The van der Waals surface area contributed by atoms with E-state index in [0.29, 0.717) is 4.83 Å². The van der Waals surface area contributed by atoms with Crippen LogP contribution in [0, 0.1) is 0 Å². The van der Waals surface area contributed by atoms with E-state index in [0.717, 1.165) is 43.2 Å². The lowest BCUT2D eigenvalue weighted by Crippen LogP contribution is -2.08. The van der Waals surface area contributed by atoms with Gasteiger partial charge in [0.25, 0.3) is 0 Å². The summed E-state index contributed by atoms with van der Waals surface area (Å²) in [6.45, 7) is 1.50. The van der Waals surface area contributed by atoms with Gasteiger partial charge < -0.3 is 9.47 Å². The number of methoxy groups -OCH3 is 1. The van der Waals surface area contributed by atoms with Gasteiger partial charge in [-0.3, -0.25) is 0 Å². The number of ether oxygens (including phenoxy) is 2. The highest BCUT2D eigenvalue weighted by atomic mass is 79.9. The van der Waals surface area contributed by atoms with Crippen LogP contribution in [0.1, 0.15) is 17.5 Å². The molecular weight excluding hydrogens is 303 g/mol. The van der Waals surface area contributed by atoms with Crippen LogP contribution in [-0.2, 0) is 17.6 Å². The predicted molar refractivity (Wildman–Crippen MR) is 73.6 cm³/mol. The van der Waals surface area contributed by atoms with E-state index in [1.165, 1.54) is 11.1 Å². The Morgan fingerprint density at radius 3 is 3.12 bits per heavy atom. The van der Waals surface area contributed by atoms with Crippen molar-refractivity contribution in [2.75, 3.05) is 20.3 Å². The third kappa shape index (κ3) is 3.36. The highest BCUT2D eigenvalue weighted by Gasteiger charge is 2.18. The quantitative estimate of drug-likeness (QED) is 0.772. The highest BCUT2D eigenvalue weighted by Crippen LogP contribution is 2.34. The molecule has 1 aliphatic heterocycles. The smallest absolute Gasteiger partial charge is 0.125 e. The lowest BCUT2D eigenvalue weighted by molar-refractivity contribution is 0.198. The molecule has 1 aliphatic rings. The standard InChI is InChI=1S/C13H16BrClO2/c1-16-8-11(14)3-2-9-6-12(15)7-10-4-5-17-13(9)10/h6-7,11H,2-5,8H2,1H3. The fraction of sp³-hybridized carbons (Fsp3) is 0.538. The zero-order valence-electron chi connectivity index (χ0n) is 9.84. The molecule has 1 aromatic rings. The maximum atomic E-state index is 6.11. The zero-order valence-corrected chi connectivity index (χ0v) is 12.2. The largest absolute Gasteiger partial charge is 0.493 e. The first kappa shape index (κ1) is 13.2. The van der Waals surface area contributed by atoms with E-state index in [1.807, 2.05) is 12.1 Å². The summed E-state index contributed by atoms with van der Waals surface area (Å²) in [7, 11) is 1.72. The van der Waals surface area contributed by atoms with Crippen molar-refractivity contribution in [1.29, 1.82) is 0 Å². The van der Waals surface area contributed by atoms with Crippen LogP contribution in [0.15, 0.2) is 12.1 Å². The van der Waals surface area contributed by atoms with Crippen LogP contribution in [0.25, 0.3) is 0 Å². The third-order valence-electron chi connectivity index (χ3n) is 2.90. The molecule has 0 bridgehead atoms. The molecule has 0 N–H and O–H groups in total. The summed E-state index contributed by atoms with van der Waals surface area (Å²) in [5.74, 6) is 1.05. The number of benzene rings is 1. The Morgan fingerprint density at radius 1 is 1.53 bits per heavy atom. The van der Waals surface area contributed by atoms with Crippen molar-refractivity contribution in [2.45, 2.75) is 24.1 Å². The van der Waals surface area contributed by atoms with Crippen LogP contribution in [0.4, 0.5) is 0 Å². The van der Waals surface area contributed by atoms with Crippen molar-refractivity contribution in [3.63, 3.8) is 0 Å². The van der Waals surface area contributed by atoms with E-state index in [-0.39, 0.29) is 0 Å². The van der Waals surface area contributed by atoms with Crippen LogP contribution in [0.2, 0.25) is 5.02 Å². The lowest BCUT2D eigenvalue weighted by Gasteiger charge is -2.11. The van der Waals surface area contributed by atoms with Gasteiger partial charge in [0.2, 0.25) is 0 Å². The molecule has 1 aromatic carbocycles. The normalized spacial score (nSPS) is 15.5. The van der Waals surface area contributed by atoms with Crippen LogP contribution in [0.5, 0.6) is 5.75 Å². The van der Waals surface area contributed by atoms with Gasteiger partial charge in [-0.25, -0.2) is 0 Å². The molecule has 2 nitrogen and oxygen atoms in total. The number of rotatable bonds is 5. The number of halogens is 2. The number of aryl methyl sites for hydroxylation is 1. The highest BCUT2D eigenvalue weighted by molar-refractivity contribution is 9.09. The van der Waals surface area contributed by atoms with Gasteiger partial charge in [-0.2, -0.15) is 0 Å². The summed E-state index contributed by atoms with van der Waals surface area (Å²) < 4.78 is 10.8.